The van der Waals surface area contributed by atoms with Crippen molar-refractivity contribution in [1.82, 2.24) is 4.37 Å². The highest BCUT2D eigenvalue weighted by Crippen LogP contribution is 2.41. The number of hydrogen-bond acceptors (Lipinski definition) is 6. The van der Waals surface area contributed by atoms with Gasteiger partial charge in [0.05, 0.1) is 5.25 Å². The number of anilines is 2. The molecule has 16 heavy (non-hydrogen) atoms. The second kappa shape index (κ2) is 3.89. The molecule has 0 bridgehead atoms. The summed E-state index contributed by atoms with van der Waals surface area (Å²) in [7, 11) is -3.27. The van der Waals surface area contributed by atoms with Gasteiger partial charge in [0.15, 0.2) is 15.7 Å². The van der Waals surface area contributed by atoms with Crippen molar-refractivity contribution in [1.29, 1.82) is 0 Å². The molecule has 1 aliphatic rings. The zero-order valence-electron chi connectivity index (χ0n) is 9.23. The molecule has 1 saturated carbocycles. The van der Waals surface area contributed by atoms with E-state index in [0.29, 0.717) is 5.00 Å². The lowest BCUT2D eigenvalue weighted by atomic mass is 10.4. The van der Waals surface area contributed by atoms with E-state index in [2.05, 4.69) is 9.69 Å². The zero-order valence-corrected chi connectivity index (χ0v) is 10.9. The van der Waals surface area contributed by atoms with Crippen LogP contribution in [-0.4, -0.2) is 24.1 Å². The first-order valence-corrected chi connectivity index (χ1v) is 7.50. The van der Waals surface area contributed by atoms with Gasteiger partial charge in [-0.2, -0.15) is 4.37 Å². The minimum atomic E-state index is -3.27. The third kappa shape index (κ3) is 2.01. The lowest BCUT2D eigenvalue weighted by molar-refractivity contribution is 0.595. The maximum atomic E-state index is 12.1. The molecule has 90 valence electrons. The van der Waals surface area contributed by atoms with E-state index in [1.54, 1.807) is 0 Å². The van der Waals surface area contributed by atoms with Crippen molar-refractivity contribution >= 4 is 32.2 Å². The third-order valence-electron chi connectivity index (χ3n) is 2.34. The van der Waals surface area contributed by atoms with E-state index in [-0.39, 0.29) is 22.0 Å². The van der Waals surface area contributed by atoms with Gasteiger partial charge in [0.25, 0.3) is 0 Å². The second-order valence-electron chi connectivity index (χ2n) is 4.27. The predicted octanol–water partition coefficient (Wildman–Crippen LogP) is 1.48. The Bertz CT molecular complexity index is 489. The van der Waals surface area contributed by atoms with Crippen LogP contribution in [-0.2, 0) is 9.84 Å². The topological polar surface area (TPSA) is 85.1 Å². The highest BCUT2D eigenvalue weighted by atomic mass is 32.2. The summed E-state index contributed by atoms with van der Waals surface area (Å²) in [4.78, 5) is 0.203. The third-order valence-corrected chi connectivity index (χ3v) is 5.59. The summed E-state index contributed by atoms with van der Waals surface area (Å²) >= 11 is 1.11. The Morgan fingerprint density at radius 3 is 2.62 bits per heavy atom. The second-order valence-corrected chi connectivity index (χ2v) is 7.21. The summed E-state index contributed by atoms with van der Waals surface area (Å²) < 4.78 is 28.2. The lowest BCUT2D eigenvalue weighted by Gasteiger charge is -2.09. The number of rotatable bonds is 4. The SMILES string of the molecule is CC(C)Nc1snc(N)c1S(=O)(=O)C1CC1. The van der Waals surface area contributed by atoms with Gasteiger partial charge >= 0.3 is 0 Å². The number of nitrogens with two attached hydrogens (primary N) is 1. The number of hydrogen-bond donors (Lipinski definition) is 2. The van der Waals surface area contributed by atoms with Gasteiger partial charge in [0.1, 0.15) is 9.90 Å². The van der Waals surface area contributed by atoms with Crippen LogP contribution in [0.25, 0.3) is 0 Å². The van der Waals surface area contributed by atoms with E-state index in [9.17, 15) is 8.42 Å². The molecule has 0 aliphatic heterocycles. The molecule has 1 heterocycles. The van der Waals surface area contributed by atoms with Crippen LogP contribution in [0.5, 0.6) is 0 Å². The van der Waals surface area contributed by atoms with Gasteiger partial charge in [-0.15, -0.1) is 0 Å². The predicted molar refractivity (Wildman–Crippen MR) is 65.5 cm³/mol. The molecular weight excluding hydrogens is 246 g/mol. The number of nitrogens with one attached hydrogen (secondary N) is 1. The van der Waals surface area contributed by atoms with E-state index in [4.69, 9.17) is 5.73 Å². The van der Waals surface area contributed by atoms with Crippen LogP contribution in [0.1, 0.15) is 26.7 Å². The van der Waals surface area contributed by atoms with Crippen molar-refractivity contribution in [2.75, 3.05) is 11.1 Å². The van der Waals surface area contributed by atoms with Crippen LogP contribution >= 0.6 is 11.5 Å². The molecular formula is C9H15N3O2S2. The van der Waals surface area contributed by atoms with Gasteiger partial charge in [-0.25, -0.2) is 8.42 Å². The van der Waals surface area contributed by atoms with Crippen LogP contribution < -0.4 is 11.1 Å². The van der Waals surface area contributed by atoms with Gasteiger partial charge in [-0.3, -0.25) is 0 Å². The Morgan fingerprint density at radius 1 is 1.50 bits per heavy atom. The fourth-order valence-electron chi connectivity index (χ4n) is 1.47. The number of nitrogens with zero attached hydrogens (tertiary/aromatic N) is 1. The minimum absolute atomic E-state index is 0.125. The van der Waals surface area contributed by atoms with Gasteiger partial charge in [0.2, 0.25) is 0 Å². The molecule has 0 amide bonds. The molecule has 0 unspecified atom stereocenters. The van der Waals surface area contributed by atoms with Crippen LogP contribution in [0.2, 0.25) is 0 Å². The van der Waals surface area contributed by atoms with Crippen molar-refractivity contribution in [3.63, 3.8) is 0 Å². The van der Waals surface area contributed by atoms with Crippen molar-refractivity contribution in [2.45, 2.75) is 42.9 Å². The number of aromatic nitrogens is 1. The highest BCUT2D eigenvalue weighted by molar-refractivity contribution is 7.92. The molecule has 0 spiro atoms. The van der Waals surface area contributed by atoms with Crippen LogP contribution in [0.15, 0.2) is 4.90 Å². The Morgan fingerprint density at radius 2 is 2.12 bits per heavy atom. The fourth-order valence-corrected chi connectivity index (χ4v) is 4.49. The Balaban J connectivity index is 2.42. The molecule has 0 radical (unpaired) electrons. The molecule has 1 aliphatic carbocycles. The maximum Gasteiger partial charge on any atom is 0.187 e. The molecule has 5 nitrogen and oxygen atoms in total. The van der Waals surface area contributed by atoms with Crippen LogP contribution in [0.3, 0.4) is 0 Å². The van der Waals surface area contributed by atoms with E-state index in [1.807, 2.05) is 13.8 Å². The largest absolute Gasteiger partial charge is 0.382 e. The first kappa shape index (κ1) is 11.7. The van der Waals surface area contributed by atoms with E-state index in [1.165, 1.54) is 0 Å². The van der Waals surface area contributed by atoms with Crippen molar-refractivity contribution in [2.24, 2.45) is 0 Å². The first-order valence-electron chi connectivity index (χ1n) is 5.18. The maximum absolute atomic E-state index is 12.1. The molecule has 7 heteroatoms. The average Bonchev–Trinajstić information content (AvgIpc) is 2.92. The smallest absolute Gasteiger partial charge is 0.187 e. The van der Waals surface area contributed by atoms with E-state index < -0.39 is 9.84 Å². The monoisotopic (exact) mass is 261 g/mol. The van der Waals surface area contributed by atoms with Crippen LogP contribution in [0, 0.1) is 0 Å². The summed E-state index contributed by atoms with van der Waals surface area (Å²) in [6.45, 7) is 3.90. The van der Waals surface area contributed by atoms with E-state index in [0.717, 1.165) is 24.4 Å². The van der Waals surface area contributed by atoms with E-state index >= 15 is 0 Å². The first-order chi connectivity index (χ1) is 7.43. The van der Waals surface area contributed by atoms with Gasteiger partial charge in [-0.05, 0) is 38.2 Å². The average molecular weight is 261 g/mol. The quantitative estimate of drug-likeness (QED) is 0.857. The molecule has 0 aromatic carbocycles. The summed E-state index contributed by atoms with van der Waals surface area (Å²) in [5.74, 6) is 0.125. The number of nitrogen functional groups attached to an aromatic ring is 1. The fraction of sp³-hybridized carbons (Fsp3) is 0.667. The van der Waals surface area contributed by atoms with Crippen molar-refractivity contribution < 1.29 is 8.42 Å². The Kier molecular flexibility index (Phi) is 2.83. The van der Waals surface area contributed by atoms with Crippen LogP contribution in [0.4, 0.5) is 10.8 Å². The Hall–Kier alpha value is -0.820. The summed E-state index contributed by atoms with van der Waals surface area (Å²) in [5.41, 5.74) is 5.65. The zero-order chi connectivity index (χ0) is 11.9. The standard InChI is InChI=1S/C9H15N3O2S2/c1-5(2)11-9-7(8(10)12-15-9)16(13,14)6-3-4-6/h5-6,11H,3-4H2,1-2H3,(H2,10,12). The summed E-state index contributed by atoms with van der Waals surface area (Å²) in [5, 5.41) is 3.40. The van der Waals surface area contributed by atoms with Gasteiger partial charge in [0, 0.05) is 6.04 Å². The lowest BCUT2D eigenvalue weighted by Crippen LogP contribution is -2.14. The molecule has 3 N–H and O–H groups in total. The Labute approximate surface area is 99.1 Å². The van der Waals surface area contributed by atoms with Crippen molar-refractivity contribution in [3.8, 4) is 0 Å². The minimum Gasteiger partial charge on any atom is -0.382 e. The molecule has 1 fully saturated rings. The van der Waals surface area contributed by atoms with Gasteiger partial charge in [-0.1, -0.05) is 0 Å². The highest BCUT2D eigenvalue weighted by Gasteiger charge is 2.40. The molecule has 2 rings (SSSR count). The number of sulfone groups is 1. The molecule has 1 aromatic heterocycles. The molecule has 1 aromatic rings. The molecule has 0 atom stereocenters. The van der Waals surface area contributed by atoms with Gasteiger partial charge < -0.3 is 11.1 Å². The summed E-state index contributed by atoms with van der Waals surface area (Å²) in [6.07, 6.45) is 1.47. The summed E-state index contributed by atoms with van der Waals surface area (Å²) in [6, 6.07) is 0.160. The molecule has 0 saturated heterocycles. The van der Waals surface area contributed by atoms with Crippen molar-refractivity contribution in [3.05, 3.63) is 0 Å². The normalized spacial score (nSPS) is 16.7.